The van der Waals surface area contributed by atoms with Crippen LogP contribution < -0.4 is 9.64 Å². The highest BCUT2D eigenvalue weighted by molar-refractivity contribution is 6.23. The number of ketones is 1. The molecule has 2 saturated carbocycles. The molecule has 2 aliphatic carbocycles. The number of hydrogen-bond acceptors (Lipinski definition) is 7. The number of carbonyl (C=O) groups is 5. The first-order valence-electron chi connectivity index (χ1n) is 15.0. The van der Waals surface area contributed by atoms with Gasteiger partial charge in [0.15, 0.2) is 12.4 Å². The van der Waals surface area contributed by atoms with Crippen molar-refractivity contribution in [2.24, 2.45) is 23.7 Å². The largest absolute Gasteiger partial charge is 0.454 e. The Morgan fingerprint density at radius 3 is 2.07 bits per heavy atom. The third kappa shape index (κ3) is 5.22. The zero-order valence-corrected chi connectivity index (χ0v) is 24.2. The lowest BCUT2D eigenvalue weighted by Crippen LogP contribution is -2.33. The molecule has 4 aromatic carbocycles. The second kappa shape index (κ2) is 11.6. The summed E-state index contributed by atoms with van der Waals surface area (Å²) < 4.78 is 10.6. The number of imide groups is 1. The molecule has 45 heavy (non-hydrogen) atoms. The van der Waals surface area contributed by atoms with E-state index < -0.39 is 24.3 Å². The third-order valence-corrected chi connectivity index (χ3v) is 9.31. The smallest absolute Gasteiger partial charge is 0.343 e. The van der Waals surface area contributed by atoms with Gasteiger partial charge in [-0.1, -0.05) is 54.6 Å². The van der Waals surface area contributed by atoms with Gasteiger partial charge in [-0.25, -0.2) is 9.59 Å². The molecule has 3 aliphatic rings. The highest BCUT2D eigenvalue weighted by atomic mass is 16.5. The minimum Gasteiger partial charge on any atom is -0.454 e. The lowest BCUT2D eigenvalue weighted by molar-refractivity contribution is -0.123. The Labute approximate surface area is 259 Å². The van der Waals surface area contributed by atoms with E-state index in [1.165, 1.54) is 46.9 Å². The molecular formula is C37H29NO7. The van der Waals surface area contributed by atoms with Crippen molar-refractivity contribution in [3.8, 4) is 5.75 Å². The van der Waals surface area contributed by atoms with E-state index >= 15 is 0 Å². The molecule has 0 radical (unpaired) electrons. The maximum Gasteiger partial charge on any atom is 0.343 e. The fraction of sp³-hybridized carbons (Fsp3) is 0.216. The number of nitrogens with zero attached hydrogens (tertiary/aromatic N) is 1. The molecule has 7 rings (SSSR count). The van der Waals surface area contributed by atoms with Gasteiger partial charge in [-0.05, 0) is 90.8 Å². The summed E-state index contributed by atoms with van der Waals surface area (Å²) >= 11 is 0. The van der Waals surface area contributed by atoms with Gasteiger partial charge in [-0.3, -0.25) is 19.3 Å². The first-order chi connectivity index (χ1) is 21.9. The maximum absolute atomic E-state index is 13.7. The summed E-state index contributed by atoms with van der Waals surface area (Å²) in [5.74, 6) is -2.00. The highest BCUT2D eigenvalue weighted by Gasteiger charge is 2.64. The minimum absolute atomic E-state index is 0.119. The van der Waals surface area contributed by atoms with E-state index in [4.69, 9.17) is 9.47 Å². The van der Waals surface area contributed by atoms with Gasteiger partial charge in [-0.2, -0.15) is 0 Å². The van der Waals surface area contributed by atoms with Gasteiger partial charge in [0.2, 0.25) is 11.8 Å². The maximum atomic E-state index is 13.7. The molecular weight excluding hydrogens is 570 g/mol. The first-order valence-corrected chi connectivity index (χ1v) is 15.0. The number of Topliss-reactive ketones (excluding diaryl/α,β-unsaturated/α-hetero) is 1. The van der Waals surface area contributed by atoms with Crippen molar-refractivity contribution in [1.82, 2.24) is 0 Å². The third-order valence-electron chi connectivity index (χ3n) is 9.31. The molecule has 1 aliphatic heterocycles. The molecule has 8 heteroatoms. The molecule has 8 nitrogen and oxygen atoms in total. The summed E-state index contributed by atoms with van der Waals surface area (Å²) in [5.41, 5.74) is 2.35. The lowest BCUT2D eigenvalue weighted by atomic mass is 9.73. The Bertz CT molecular complexity index is 1800. The Hall–Kier alpha value is -5.37. The van der Waals surface area contributed by atoms with Crippen molar-refractivity contribution in [2.75, 3.05) is 11.5 Å². The van der Waals surface area contributed by atoms with E-state index in [1.54, 1.807) is 42.5 Å². The quantitative estimate of drug-likeness (QED) is 0.108. The molecule has 1 heterocycles. The number of hydrogen-bond donors (Lipinski definition) is 0. The number of anilines is 1. The van der Waals surface area contributed by atoms with Gasteiger partial charge in [0.25, 0.3) is 0 Å². The average molecular weight is 600 g/mol. The van der Waals surface area contributed by atoms with Crippen LogP contribution in [-0.4, -0.2) is 36.1 Å². The van der Waals surface area contributed by atoms with Crippen molar-refractivity contribution >= 4 is 35.2 Å². The molecule has 2 bridgehead atoms. The fourth-order valence-corrected chi connectivity index (χ4v) is 7.32. The Morgan fingerprint density at radius 1 is 0.667 bits per heavy atom. The van der Waals surface area contributed by atoms with Crippen LogP contribution in [-0.2, 0) is 14.3 Å². The summed E-state index contributed by atoms with van der Waals surface area (Å²) in [5, 5.41) is 0. The van der Waals surface area contributed by atoms with Gasteiger partial charge in [0, 0.05) is 5.56 Å². The predicted octanol–water partition coefficient (Wildman–Crippen LogP) is 5.87. The Balaban J connectivity index is 0.985. The number of ether oxygens (including phenoxy) is 2. The first kappa shape index (κ1) is 28.4. The number of fused-ring (bicyclic) bond motifs is 5. The molecule has 3 fully saturated rings. The monoisotopic (exact) mass is 599 g/mol. The lowest BCUT2D eigenvalue weighted by Gasteiger charge is -2.28. The van der Waals surface area contributed by atoms with Crippen LogP contribution in [0.25, 0.3) is 0 Å². The average Bonchev–Trinajstić information content (AvgIpc) is 3.75. The molecule has 0 spiro atoms. The van der Waals surface area contributed by atoms with Crippen molar-refractivity contribution in [2.45, 2.75) is 18.8 Å². The summed E-state index contributed by atoms with van der Waals surface area (Å²) in [6.45, 7) is -0.512. The van der Waals surface area contributed by atoms with Gasteiger partial charge < -0.3 is 9.47 Å². The zero-order chi connectivity index (χ0) is 31.1. The second-order valence-electron chi connectivity index (χ2n) is 11.8. The molecule has 224 valence electrons. The summed E-state index contributed by atoms with van der Waals surface area (Å²) in [7, 11) is 0. The van der Waals surface area contributed by atoms with Crippen LogP contribution in [0.2, 0.25) is 0 Å². The van der Waals surface area contributed by atoms with Crippen LogP contribution in [0.15, 0.2) is 109 Å². The zero-order valence-electron chi connectivity index (χ0n) is 24.2. The van der Waals surface area contributed by atoms with Crippen LogP contribution in [0.3, 0.4) is 0 Å². The summed E-state index contributed by atoms with van der Waals surface area (Å²) in [6, 6.07) is 30.9. The predicted molar refractivity (Wildman–Crippen MR) is 164 cm³/mol. The van der Waals surface area contributed by atoms with E-state index in [9.17, 15) is 24.0 Å². The van der Waals surface area contributed by atoms with Crippen LogP contribution in [0.4, 0.5) is 5.69 Å². The van der Waals surface area contributed by atoms with Crippen molar-refractivity contribution in [1.29, 1.82) is 0 Å². The van der Waals surface area contributed by atoms with Gasteiger partial charge in [-0.15, -0.1) is 0 Å². The number of rotatable bonds is 8. The number of amides is 2. The van der Waals surface area contributed by atoms with Gasteiger partial charge in [0.1, 0.15) is 5.75 Å². The standard InChI is InChI=1S/C37H29NO7/c39-31(23-14-16-28(17-15-23)45-37(43)24-10-5-2-6-11-24)21-44-36(42)25-12-7-13-27(18-25)38-34(40)32-26-19-29(22-8-3-1-4-9-22)30(20-26)33(32)35(38)41/h1-18,26,29-30,32-33H,19-21H2/t26-,29-,30+,32+,33-/m0/s1. The van der Waals surface area contributed by atoms with E-state index in [0.29, 0.717) is 11.3 Å². The van der Waals surface area contributed by atoms with Crippen LogP contribution in [0.1, 0.15) is 55.4 Å². The van der Waals surface area contributed by atoms with E-state index in [2.05, 4.69) is 12.1 Å². The normalized spacial score (nSPS) is 23.1. The second-order valence-corrected chi connectivity index (χ2v) is 11.8. The number of benzene rings is 4. The van der Waals surface area contributed by atoms with E-state index in [1.807, 2.05) is 18.2 Å². The van der Waals surface area contributed by atoms with Crippen molar-refractivity contribution in [3.63, 3.8) is 0 Å². The van der Waals surface area contributed by atoms with Crippen LogP contribution in [0, 0.1) is 23.7 Å². The van der Waals surface area contributed by atoms with Crippen LogP contribution >= 0.6 is 0 Å². The van der Waals surface area contributed by atoms with E-state index in [0.717, 1.165) is 12.8 Å². The van der Waals surface area contributed by atoms with Gasteiger partial charge >= 0.3 is 11.9 Å². The highest BCUT2D eigenvalue weighted by Crippen LogP contribution is 2.61. The molecule has 5 atom stereocenters. The fourth-order valence-electron chi connectivity index (χ4n) is 7.32. The minimum atomic E-state index is -0.748. The van der Waals surface area contributed by atoms with Crippen LogP contribution in [0.5, 0.6) is 5.75 Å². The number of esters is 2. The van der Waals surface area contributed by atoms with Gasteiger partial charge in [0.05, 0.1) is 28.7 Å². The SMILES string of the molecule is O=C(COC(=O)c1cccc(N2C(=O)[C@@H]3[C@@H]4C[C@@H]([C@@H]3C2=O)[C@H](c2ccccc2)C4)c1)c1ccc(OC(=O)c2ccccc2)cc1. The van der Waals surface area contributed by atoms with Crippen molar-refractivity contribution < 1.29 is 33.4 Å². The summed E-state index contributed by atoms with van der Waals surface area (Å²) in [4.78, 5) is 66.4. The summed E-state index contributed by atoms with van der Waals surface area (Å²) in [6.07, 6.45) is 1.77. The molecule has 1 saturated heterocycles. The Kier molecular flexibility index (Phi) is 7.33. The topological polar surface area (TPSA) is 107 Å². The molecule has 0 unspecified atom stereocenters. The molecule has 4 aromatic rings. The molecule has 2 amide bonds. The molecule has 0 N–H and O–H groups in total. The number of carbonyl (C=O) groups excluding carboxylic acids is 5. The van der Waals surface area contributed by atoms with E-state index in [-0.39, 0.29) is 58.3 Å². The molecule has 0 aromatic heterocycles. The Morgan fingerprint density at radius 2 is 1.33 bits per heavy atom. The van der Waals surface area contributed by atoms with Crippen molar-refractivity contribution in [3.05, 3.63) is 131 Å².